The van der Waals surface area contributed by atoms with Gasteiger partial charge in [-0.05, 0) is 12.5 Å². The van der Waals surface area contributed by atoms with E-state index in [9.17, 15) is 0 Å². The molecule has 0 saturated heterocycles. The number of hydrogen-bond acceptors (Lipinski definition) is 4. The number of thioether (sulfide) groups is 2. The molecule has 68 valence electrons. The third-order valence-corrected chi connectivity index (χ3v) is 3.09. The molecule has 2 nitrogen and oxygen atoms in total. The average Bonchev–Trinajstić information content (AvgIpc) is 2.03. The minimum atomic E-state index is -0.656. The van der Waals surface area contributed by atoms with Gasteiger partial charge in [0.2, 0.25) is 0 Å². The summed E-state index contributed by atoms with van der Waals surface area (Å²) in [4.78, 5) is 0. The van der Waals surface area contributed by atoms with E-state index in [0.717, 1.165) is 24.7 Å². The van der Waals surface area contributed by atoms with E-state index in [4.69, 9.17) is 8.85 Å². The highest BCUT2D eigenvalue weighted by molar-refractivity contribution is 7.98. The summed E-state index contributed by atoms with van der Waals surface area (Å²) in [5.74, 6) is 2.16. The molecule has 0 aromatic heterocycles. The van der Waals surface area contributed by atoms with Gasteiger partial charge in [0.1, 0.15) is 0 Å². The van der Waals surface area contributed by atoms with E-state index in [2.05, 4.69) is 12.5 Å². The molecule has 0 radical (unpaired) electrons. The summed E-state index contributed by atoms with van der Waals surface area (Å²) in [6.45, 7) is 1.71. The zero-order valence-electron chi connectivity index (χ0n) is 7.17. The zero-order valence-corrected chi connectivity index (χ0v) is 10.2. The first kappa shape index (κ1) is 11.8. The highest BCUT2D eigenvalue weighted by Gasteiger charge is 1.88. The van der Waals surface area contributed by atoms with Gasteiger partial charge in [-0.3, -0.25) is 0 Å². The van der Waals surface area contributed by atoms with Gasteiger partial charge < -0.3 is 8.85 Å². The molecular weight excluding hydrogens is 196 g/mol. The molecule has 0 unspecified atom stereocenters. The van der Waals surface area contributed by atoms with Crippen LogP contribution in [0.15, 0.2) is 0 Å². The molecule has 0 saturated carbocycles. The van der Waals surface area contributed by atoms with E-state index in [1.807, 2.05) is 23.5 Å². The molecule has 0 spiro atoms. The lowest BCUT2D eigenvalue weighted by Gasteiger charge is -2.02. The van der Waals surface area contributed by atoms with Gasteiger partial charge in [0.15, 0.2) is 0 Å². The van der Waals surface area contributed by atoms with Crippen LogP contribution in [0.5, 0.6) is 0 Å². The fraction of sp³-hybridized carbons (Fsp3) is 1.00. The molecular formula is C6H16O2S2Si. The van der Waals surface area contributed by atoms with Crippen molar-refractivity contribution in [3.63, 3.8) is 0 Å². The summed E-state index contributed by atoms with van der Waals surface area (Å²) < 4.78 is 10.6. The Morgan fingerprint density at radius 2 is 1.45 bits per heavy atom. The molecule has 0 aliphatic heterocycles. The third-order valence-electron chi connectivity index (χ3n) is 1.03. The molecule has 0 aliphatic rings. The van der Waals surface area contributed by atoms with Gasteiger partial charge in [0.25, 0.3) is 0 Å². The smallest absolute Gasteiger partial charge is 0.304 e. The normalized spacial score (nSPS) is 10.4. The molecule has 0 amide bonds. The molecule has 0 aromatic carbocycles. The van der Waals surface area contributed by atoms with Crippen molar-refractivity contribution >= 4 is 33.5 Å². The Balaban J connectivity index is 2.69. The first-order valence-electron chi connectivity index (χ1n) is 3.55. The van der Waals surface area contributed by atoms with Crippen LogP contribution >= 0.6 is 23.5 Å². The minimum Gasteiger partial charge on any atom is -0.398 e. The van der Waals surface area contributed by atoms with Gasteiger partial charge in [-0.15, -0.1) is 0 Å². The van der Waals surface area contributed by atoms with E-state index < -0.39 is 10.0 Å². The van der Waals surface area contributed by atoms with Crippen molar-refractivity contribution in [2.24, 2.45) is 0 Å². The van der Waals surface area contributed by atoms with Gasteiger partial charge >= 0.3 is 10.0 Å². The van der Waals surface area contributed by atoms with Gasteiger partial charge in [-0.2, -0.15) is 23.5 Å². The highest BCUT2D eigenvalue weighted by Crippen LogP contribution is 1.91. The lowest BCUT2D eigenvalue weighted by molar-refractivity contribution is 0.244. The molecule has 0 atom stereocenters. The molecule has 0 fully saturated rings. The topological polar surface area (TPSA) is 18.5 Å². The van der Waals surface area contributed by atoms with Crippen LogP contribution in [-0.2, 0) is 8.85 Å². The summed E-state index contributed by atoms with van der Waals surface area (Å²) in [6, 6.07) is 0. The molecule has 0 bridgehead atoms. The first-order chi connectivity index (χ1) is 5.41. The molecule has 11 heavy (non-hydrogen) atoms. The Morgan fingerprint density at radius 3 is 1.82 bits per heavy atom. The zero-order chi connectivity index (χ0) is 8.36. The van der Waals surface area contributed by atoms with Gasteiger partial charge in [-0.1, -0.05) is 0 Å². The maximum Gasteiger partial charge on any atom is 0.304 e. The summed E-state index contributed by atoms with van der Waals surface area (Å²) in [7, 11) is -0.656. The van der Waals surface area contributed by atoms with Crippen molar-refractivity contribution in [3.05, 3.63) is 0 Å². The summed E-state index contributed by atoms with van der Waals surface area (Å²) in [5, 5.41) is 0. The van der Waals surface area contributed by atoms with E-state index >= 15 is 0 Å². The van der Waals surface area contributed by atoms with Crippen molar-refractivity contribution in [3.8, 4) is 0 Å². The van der Waals surface area contributed by atoms with Crippen LogP contribution in [0.2, 0.25) is 0 Å². The number of rotatable bonds is 8. The van der Waals surface area contributed by atoms with Crippen LogP contribution in [0.3, 0.4) is 0 Å². The fourth-order valence-electron chi connectivity index (χ4n) is 0.461. The van der Waals surface area contributed by atoms with E-state index in [-0.39, 0.29) is 0 Å². The summed E-state index contributed by atoms with van der Waals surface area (Å²) in [6.07, 6.45) is 4.17. The second-order valence-electron chi connectivity index (χ2n) is 1.92. The third kappa shape index (κ3) is 10.8. The van der Waals surface area contributed by atoms with Crippen molar-refractivity contribution < 1.29 is 8.85 Å². The Morgan fingerprint density at radius 1 is 1.00 bits per heavy atom. The van der Waals surface area contributed by atoms with Crippen LogP contribution in [0.1, 0.15) is 0 Å². The molecule has 0 aliphatic carbocycles. The Kier molecular flexibility index (Phi) is 11.7. The molecule has 0 N–H and O–H groups in total. The van der Waals surface area contributed by atoms with E-state index in [1.54, 1.807) is 0 Å². The molecule has 0 aromatic rings. The maximum atomic E-state index is 5.31. The van der Waals surface area contributed by atoms with Crippen LogP contribution < -0.4 is 0 Å². The minimum absolute atomic E-state index is 0.656. The second kappa shape index (κ2) is 10.8. The summed E-state index contributed by atoms with van der Waals surface area (Å²) in [5.41, 5.74) is 0. The lowest BCUT2D eigenvalue weighted by atomic mass is 10.9. The van der Waals surface area contributed by atoms with E-state index in [0.29, 0.717) is 0 Å². The summed E-state index contributed by atoms with van der Waals surface area (Å²) >= 11 is 3.61. The maximum absolute atomic E-state index is 5.31. The predicted molar refractivity (Wildman–Crippen MR) is 57.2 cm³/mol. The van der Waals surface area contributed by atoms with Gasteiger partial charge in [0, 0.05) is 24.7 Å². The molecule has 5 heteroatoms. The highest BCUT2D eigenvalue weighted by atomic mass is 32.2. The van der Waals surface area contributed by atoms with Gasteiger partial charge in [-0.25, -0.2) is 0 Å². The Bertz CT molecular complexity index is 67.6. The van der Waals surface area contributed by atoms with Gasteiger partial charge in [0.05, 0.1) is 0 Å². The predicted octanol–water partition coefficient (Wildman–Crippen LogP) is 0.744. The van der Waals surface area contributed by atoms with Crippen molar-refractivity contribution in [2.75, 3.05) is 37.2 Å². The first-order valence-corrected chi connectivity index (χ1v) is 7.49. The van der Waals surface area contributed by atoms with Crippen molar-refractivity contribution in [2.45, 2.75) is 0 Å². The lowest BCUT2D eigenvalue weighted by Crippen LogP contribution is -2.09. The molecule has 0 heterocycles. The Hall–Kier alpha value is 0.837. The largest absolute Gasteiger partial charge is 0.398 e. The fourth-order valence-corrected chi connectivity index (χ4v) is 2.09. The monoisotopic (exact) mass is 212 g/mol. The molecule has 0 rings (SSSR count). The van der Waals surface area contributed by atoms with Crippen molar-refractivity contribution in [1.82, 2.24) is 0 Å². The Labute approximate surface area is 79.9 Å². The van der Waals surface area contributed by atoms with Crippen LogP contribution in [-0.4, -0.2) is 47.2 Å². The van der Waals surface area contributed by atoms with E-state index in [1.165, 1.54) is 0 Å². The quantitative estimate of drug-likeness (QED) is 0.436. The second-order valence-corrected chi connectivity index (χ2v) is 4.94. The standard InChI is InChI=1S/C6H16O2S2Si/c1-9-5-3-7-11-8-4-6-10-2/h3-6,11H2,1-2H3. The number of hydrogen-bond donors (Lipinski definition) is 0. The average molecular weight is 212 g/mol. The van der Waals surface area contributed by atoms with Crippen molar-refractivity contribution in [1.29, 1.82) is 0 Å². The SMILES string of the molecule is CSCCO[SiH2]OCCSC. The van der Waals surface area contributed by atoms with Crippen LogP contribution in [0, 0.1) is 0 Å². The van der Waals surface area contributed by atoms with Crippen LogP contribution in [0.25, 0.3) is 0 Å². The van der Waals surface area contributed by atoms with Crippen LogP contribution in [0.4, 0.5) is 0 Å².